The zero-order valence-electron chi connectivity index (χ0n) is 11.5. The molecular formula is C14H21N3O3. The van der Waals surface area contributed by atoms with Gasteiger partial charge in [-0.1, -0.05) is 0 Å². The molecule has 0 spiro atoms. The van der Waals surface area contributed by atoms with Gasteiger partial charge in [0.2, 0.25) is 0 Å². The van der Waals surface area contributed by atoms with Crippen LogP contribution < -0.4 is 5.32 Å². The van der Waals surface area contributed by atoms with Gasteiger partial charge < -0.3 is 15.3 Å². The predicted octanol–water partition coefficient (Wildman–Crippen LogP) is 1.57. The van der Waals surface area contributed by atoms with E-state index in [2.05, 4.69) is 11.4 Å². The number of amides is 2. The summed E-state index contributed by atoms with van der Waals surface area (Å²) >= 11 is 0. The number of carboxylic acid groups (broad SMARTS) is 1. The third kappa shape index (κ3) is 3.62. The number of piperidine rings is 1. The lowest BCUT2D eigenvalue weighted by Crippen LogP contribution is -2.49. The molecule has 1 unspecified atom stereocenters. The first kappa shape index (κ1) is 14.6. The Morgan fingerprint density at radius 2 is 2.15 bits per heavy atom. The van der Waals surface area contributed by atoms with E-state index in [-0.39, 0.29) is 12.1 Å². The lowest BCUT2D eigenvalue weighted by molar-refractivity contribution is -0.143. The molecule has 0 aromatic heterocycles. The number of carboxylic acids is 1. The Hall–Kier alpha value is -1.77. The second-order valence-corrected chi connectivity index (χ2v) is 5.81. The van der Waals surface area contributed by atoms with Crippen molar-refractivity contribution in [2.24, 2.45) is 11.8 Å². The van der Waals surface area contributed by atoms with Crippen LogP contribution in [0.3, 0.4) is 0 Å². The maximum absolute atomic E-state index is 12.1. The SMILES string of the molecule is N#CC[C@@H]1CC[C@H](NC(=O)N2CCCC(C(=O)O)C2)C1. The molecule has 2 rings (SSSR count). The summed E-state index contributed by atoms with van der Waals surface area (Å²) in [6.45, 7) is 0.930. The molecule has 2 fully saturated rings. The fraction of sp³-hybridized carbons (Fsp3) is 0.786. The van der Waals surface area contributed by atoms with Crippen LogP contribution in [0.2, 0.25) is 0 Å². The van der Waals surface area contributed by atoms with Gasteiger partial charge in [-0.3, -0.25) is 4.79 Å². The molecule has 1 saturated heterocycles. The number of aliphatic carboxylic acids is 1. The monoisotopic (exact) mass is 279 g/mol. The van der Waals surface area contributed by atoms with Crippen LogP contribution in [0.15, 0.2) is 0 Å². The second kappa shape index (κ2) is 6.60. The zero-order valence-corrected chi connectivity index (χ0v) is 11.5. The highest BCUT2D eigenvalue weighted by atomic mass is 16.4. The Balaban J connectivity index is 1.80. The Kier molecular flexibility index (Phi) is 4.83. The van der Waals surface area contributed by atoms with Crippen LogP contribution in [-0.2, 0) is 4.79 Å². The largest absolute Gasteiger partial charge is 0.481 e. The Labute approximate surface area is 118 Å². The van der Waals surface area contributed by atoms with Crippen molar-refractivity contribution in [2.75, 3.05) is 13.1 Å². The van der Waals surface area contributed by atoms with Crippen LogP contribution in [0.4, 0.5) is 4.79 Å². The van der Waals surface area contributed by atoms with Gasteiger partial charge in [0.1, 0.15) is 0 Å². The highest BCUT2D eigenvalue weighted by Crippen LogP contribution is 2.28. The highest BCUT2D eigenvalue weighted by molar-refractivity contribution is 5.76. The van der Waals surface area contributed by atoms with E-state index in [4.69, 9.17) is 10.4 Å². The number of hydrogen-bond donors (Lipinski definition) is 2. The minimum Gasteiger partial charge on any atom is -0.481 e. The molecule has 3 atom stereocenters. The van der Waals surface area contributed by atoms with E-state index in [1.807, 2.05) is 0 Å². The molecule has 2 aliphatic rings. The molecular weight excluding hydrogens is 258 g/mol. The van der Waals surface area contributed by atoms with Gasteiger partial charge in [0, 0.05) is 25.6 Å². The molecule has 20 heavy (non-hydrogen) atoms. The topological polar surface area (TPSA) is 93.4 Å². The van der Waals surface area contributed by atoms with Crippen molar-refractivity contribution in [1.29, 1.82) is 5.26 Å². The van der Waals surface area contributed by atoms with Gasteiger partial charge in [0.25, 0.3) is 0 Å². The number of nitrogens with zero attached hydrogens (tertiary/aromatic N) is 2. The number of rotatable bonds is 3. The van der Waals surface area contributed by atoms with Gasteiger partial charge in [-0.05, 0) is 38.0 Å². The smallest absolute Gasteiger partial charge is 0.317 e. The number of nitrogens with one attached hydrogen (secondary N) is 1. The average Bonchev–Trinajstić information content (AvgIpc) is 2.86. The van der Waals surface area contributed by atoms with Crippen molar-refractivity contribution in [3.8, 4) is 6.07 Å². The Bertz CT molecular complexity index is 418. The van der Waals surface area contributed by atoms with Crippen molar-refractivity contribution in [3.05, 3.63) is 0 Å². The number of nitriles is 1. The number of carbonyl (C=O) groups is 2. The van der Waals surface area contributed by atoms with Crippen molar-refractivity contribution < 1.29 is 14.7 Å². The quantitative estimate of drug-likeness (QED) is 0.820. The minimum atomic E-state index is -0.822. The van der Waals surface area contributed by atoms with E-state index in [9.17, 15) is 9.59 Å². The molecule has 2 N–H and O–H groups in total. The van der Waals surface area contributed by atoms with E-state index in [1.165, 1.54) is 0 Å². The standard InChI is InChI=1S/C14H21N3O3/c15-6-5-10-3-4-12(8-10)16-14(20)17-7-1-2-11(9-17)13(18)19/h10-12H,1-5,7-9H2,(H,16,20)(H,18,19)/t10-,11?,12-/m0/s1. The summed E-state index contributed by atoms with van der Waals surface area (Å²) in [5.41, 5.74) is 0. The van der Waals surface area contributed by atoms with E-state index in [0.717, 1.165) is 25.7 Å². The van der Waals surface area contributed by atoms with Crippen LogP contribution >= 0.6 is 0 Å². The van der Waals surface area contributed by atoms with Crippen LogP contribution in [0.1, 0.15) is 38.5 Å². The van der Waals surface area contributed by atoms with Crippen molar-refractivity contribution in [2.45, 2.75) is 44.6 Å². The maximum Gasteiger partial charge on any atom is 0.317 e. The first-order valence-electron chi connectivity index (χ1n) is 7.25. The summed E-state index contributed by atoms with van der Waals surface area (Å²) in [7, 11) is 0. The van der Waals surface area contributed by atoms with Crippen molar-refractivity contribution in [3.63, 3.8) is 0 Å². The summed E-state index contributed by atoms with van der Waals surface area (Å²) in [5.74, 6) is -0.875. The maximum atomic E-state index is 12.1. The molecule has 1 aliphatic heterocycles. The average molecular weight is 279 g/mol. The highest BCUT2D eigenvalue weighted by Gasteiger charge is 2.31. The molecule has 0 bridgehead atoms. The Morgan fingerprint density at radius 1 is 1.35 bits per heavy atom. The number of urea groups is 1. The molecule has 0 radical (unpaired) electrons. The third-order valence-corrected chi connectivity index (χ3v) is 4.31. The van der Waals surface area contributed by atoms with Crippen LogP contribution in [0.5, 0.6) is 0 Å². The van der Waals surface area contributed by atoms with E-state index >= 15 is 0 Å². The first-order chi connectivity index (χ1) is 9.60. The molecule has 1 heterocycles. The van der Waals surface area contributed by atoms with E-state index in [1.54, 1.807) is 4.90 Å². The molecule has 110 valence electrons. The first-order valence-corrected chi connectivity index (χ1v) is 7.25. The predicted molar refractivity (Wildman–Crippen MR) is 71.8 cm³/mol. The summed E-state index contributed by atoms with van der Waals surface area (Å²) in [6.07, 6.45) is 4.69. The van der Waals surface area contributed by atoms with Gasteiger partial charge in [-0.15, -0.1) is 0 Å². The lowest BCUT2D eigenvalue weighted by Gasteiger charge is -2.31. The lowest BCUT2D eigenvalue weighted by atomic mass is 9.99. The molecule has 1 aliphatic carbocycles. The van der Waals surface area contributed by atoms with Crippen LogP contribution in [-0.4, -0.2) is 41.1 Å². The van der Waals surface area contributed by atoms with E-state index < -0.39 is 11.9 Å². The number of carbonyl (C=O) groups excluding carboxylic acids is 1. The normalized spacial score (nSPS) is 29.8. The third-order valence-electron chi connectivity index (χ3n) is 4.31. The number of hydrogen-bond acceptors (Lipinski definition) is 3. The molecule has 0 aromatic rings. The van der Waals surface area contributed by atoms with Gasteiger partial charge in [-0.25, -0.2) is 4.79 Å². The van der Waals surface area contributed by atoms with Crippen LogP contribution in [0, 0.1) is 23.2 Å². The van der Waals surface area contributed by atoms with Gasteiger partial charge in [0.15, 0.2) is 0 Å². The zero-order chi connectivity index (χ0) is 14.5. The fourth-order valence-electron chi connectivity index (χ4n) is 3.15. The van der Waals surface area contributed by atoms with Gasteiger partial charge in [0.05, 0.1) is 12.0 Å². The van der Waals surface area contributed by atoms with Crippen LogP contribution in [0.25, 0.3) is 0 Å². The second-order valence-electron chi connectivity index (χ2n) is 5.81. The Morgan fingerprint density at radius 3 is 2.85 bits per heavy atom. The summed E-state index contributed by atoms with van der Waals surface area (Å²) < 4.78 is 0. The molecule has 2 amide bonds. The summed E-state index contributed by atoms with van der Waals surface area (Å²) in [6, 6.07) is 2.15. The van der Waals surface area contributed by atoms with E-state index in [0.29, 0.717) is 31.8 Å². The molecule has 6 nitrogen and oxygen atoms in total. The van der Waals surface area contributed by atoms with Gasteiger partial charge >= 0.3 is 12.0 Å². The van der Waals surface area contributed by atoms with Crippen molar-refractivity contribution >= 4 is 12.0 Å². The number of likely N-dealkylation sites (tertiary alicyclic amines) is 1. The molecule has 1 saturated carbocycles. The summed E-state index contributed by atoms with van der Waals surface area (Å²) in [5, 5.41) is 20.7. The molecule has 0 aromatic carbocycles. The minimum absolute atomic E-state index is 0.131. The molecule has 6 heteroatoms. The van der Waals surface area contributed by atoms with Crippen molar-refractivity contribution in [1.82, 2.24) is 10.2 Å². The van der Waals surface area contributed by atoms with Gasteiger partial charge in [-0.2, -0.15) is 5.26 Å². The fourth-order valence-corrected chi connectivity index (χ4v) is 3.15. The summed E-state index contributed by atoms with van der Waals surface area (Å²) in [4.78, 5) is 24.7.